The van der Waals surface area contributed by atoms with Gasteiger partial charge in [-0.05, 0) is 62.9 Å². The van der Waals surface area contributed by atoms with Crippen LogP contribution in [-0.2, 0) is 11.2 Å². The van der Waals surface area contributed by atoms with Gasteiger partial charge in [0.05, 0.1) is 11.4 Å². The predicted octanol–water partition coefficient (Wildman–Crippen LogP) is 4.44. The minimum Gasteiger partial charge on any atom is -0.481 e. The third kappa shape index (κ3) is 3.70. The number of rotatable bonds is 5. The number of aromatic nitrogens is 2. The van der Waals surface area contributed by atoms with Gasteiger partial charge in [0.25, 0.3) is 0 Å². The number of halogens is 2. The Labute approximate surface area is 144 Å². The van der Waals surface area contributed by atoms with Crippen molar-refractivity contribution in [2.45, 2.75) is 25.4 Å². The van der Waals surface area contributed by atoms with E-state index in [4.69, 9.17) is 5.11 Å². The summed E-state index contributed by atoms with van der Waals surface area (Å²) in [6, 6.07) is 4.07. The number of hydrogen-bond donors (Lipinski definition) is 1. The van der Waals surface area contributed by atoms with Crippen LogP contribution in [0.3, 0.4) is 0 Å². The monoisotopic (exact) mass is 432 g/mol. The average molecular weight is 434 g/mol. The van der Waals surface area contributed by atoms with Gasteiger partial charge in [-0.15, -0.1) is 0 Å². The van der Waals surface area contributed by atoms with Crippen LogP contribution in [-0.4, -0.2) is 26.4 Å². The van der Waals surface area contributed by atoms with E-state index in [0.717, 1.165) is 32.3 Å². The zero-order chi connectivity index (χ0) is 15.6. The molecule has 0 saturated carbocycles. The van der Waals surface area contributed by atoms with Gasteiger partial charge in [-0.2, -0.15) is 0 Å². The van der Waals surface area contributed by atoms with Gasteiger partial charge in [0, 0.05) is 20.8 Å². The van der Waals surface area contributed by atoms with Crippen LogP contribution in [0.2, 0.25) is 0 Å². The number of nitrogens with zero attached hydrogens (tertiary/aromatic N) is 2. The summed E-state index contributed by atoms with van der Waals surface area (Å²) < 4.78 is 3.89. The first-order valence-corrected chi connectivity index (χ1v) is 8.88. The molecule has 112 valence electrons. The largest absolute Gasteiger partial charge is 0.481 e. The van der Waals surface area contributed by atoms with Crippen molar-refractivity contribution in [3.05, 3.63) is 38.5 Å². The molecule has 7 heteroatoms. The summed E-state index contributed by atoms with van der Waals surface area (Å²) >= 11 is 8.40. The number of carboxylic acids is 1. The Kier molecular flexibility index (Phi) is 5.51. The van der Waals surface area contributed by atoms with Gasteiger partial charge in [-0.1, -0.05) is 18.7 Å². The van der Waals surface area contributed by atoms with Crippen molar-refractivity contribution in [1.29, 1.82) is 0 Å². The molecule has 0 aliphatic carbocycles. The number of imidazole rings is 1. The molecular weight excluding hydrogens is 420 g/mol. The maximum Gasteiger partial charge on any atom is 0.313 e. The molecule has 0 amide bonds. The van der Waals surface area contributed by atoms with Crippen LogP contribution in [0.25, 0.3) is 5.69 Å². The fourth-order valence-corrected chi connectivity index (χ4v) is 4.48. The Morgan fingerprint density at radius 2 is 2.00 bits per heavy atom. The van der Waals surface area contributed by atoms with Gasteiger partial charge < -0.3 is 5.11 Å². The molecule has 0 saturated heterocycles. The van der Waals surface area contributed by atoms with Gasteiger partial charge in [0.15, 0.2) is 5.16 Å². The van der Waals surface area contributed by atoms with E-state index in [1.165, 1.54) is 11.8 Å². The Morgan fingerprint density at radius 1 is 1.38 bits per heavy atom. The Balaban J connectivity index is 2.56. The molecule has 0 aliphatic heterocycles. The standard InChI is InChI=1S/C14H14Br2N2O2S/c1-3-9-6-17-14(21-7-12(19)20)18(9)13-10(15)4-8(2)5-11(13)16/h4-6H,3,7H2,1-2H3,(H,19,20). The highest BCUT2D eigenvalue weighted by Gasteiger charge is 2.17. The van der Waals surface area contributed by atoms with E-state index in [0.29, 0.717) is 5.16 Å². The maximum absolute atomic E-state index is 10.8. The highest BCUT2D eigenvalue weighted by Crippen LogP contribution is 2.35. The molecule has 1 N–H and O–H groups in total. The van der Waals surface area contributed by atoms with Crippen LogP contribution in [0.4, 0.5) is 0 Å². The van der Waals surface area contributed by atoms with Crippen molar-refractivity contribution < 1.29 is 9.90 Å². The Hall–Kier alpha value is -0.790. The van der Waals surface area contributed by atoms with Crippen molar-refractivity contribution >= 4 is 49.6 Å². The molecule has 2 rings (SSSR count). The van der Waals surface area contributed by atoms with E-state index in [1.54, 1.807) is 6.20 Å². The Morgan fingerprint density at radius 3 is 2.52 bits per heavy atom. The second-order valence-corrected chi connectivity index (χ2v) is 7.13. The molecule has 0 fully saturated rings. The minimum atomic E-state index is -0.852. The molecule has 0 unspecified atom stereocenters. The van der Waals surface area contributed by atoms with Gasteiger partial charge >= 0.3 is 5.97 Å². The smallest absolute Gasteiger partial charge is 0.313 e. The normalized spacial score (nSPS) is 10.9. The second kappa shape index (κ2) is 6.98. The molecule has 2 aromatic rings. The molecule has 1 aromatic heterocycles. The van der Waals surface area contributed by atoms with Crippen LogP contribution >= 0.6 is 43.6 Å². The Bertz CT molecular complexity index is 663. The van der Waals surface area contributed by atoms with Crippen molar-refractivity contribution in [2.75, 3.05) is 5.75 Å². The maximum atomic E-state index is 10.8. The van der Waals surface area contributed by atoms with E-state index in [1.807, 2.05) is 23.6 Å². The summed E-state index contributed by atoms with van der Waals surface area (Å²) in [5.41, 5.74) is 3.12. The molecule has 0 radical (unpaired) electrons. The fraction of sp³-hybridized carbons (Fsp3) is 0.286. The lowest BCUT2D eigenvalue weighted by molar-refractivity contribution is -0.133. The number of carboxylic acid groups (broad SMARTS) is 1. The van der Waals surface area contributed by atoms with E-state index in [2.05, 4.69) is 43.8 Å². The van der Waals surface area contributed by atoms with Crippen molar-refractivity contribution in [2.24, 2.45) is 0 Å². The lowest BCUT2D eigenvalue weighted by Gasteiger charge is -2.15. The summed E-state index contributed by atoms with van der Waals surface area (Å²) in [4.78, 5) is 15.2. The molecule has 0 spiro atoms. The van der Waals surface area contributed by atoms with Crippen LogP contribution in [0.5, 0.6) is 0 Å². The lowest BCUT2D eigenvalue weighted by Crippen LogP contribution is -2.05. The van der Waals surface area contributed by atoms with Gasteiger partial charge in [0.2, 0.25) is 0 Å². The van der Waals surface area contributed by atoms with Crippen LogP contribution in [0, 0.1) is 6.92 Å². The lowest BCUT2D eigenvalue weighted by atomic mass is 10.2. The van der Waals surface area contributed by atoms with E-state index in [-0.39, 0.29) is 5.75 Å². The molecule has 0 bridgehead atoms. The number of carbonyl (C=O) groups is 1. The number of thioether (sulfide) groups is 1. The zero-order valence-electron chi connectivity index (χ0n) is 11.6. The van der Waals surface area contributed by atoms with Gasteiger partial charge in [-0.25, -0.2) is 4.98 Å². The van der Waals surface area contributed by atoms with Crippen molar-refractivity contribution in [1.82, 2.24) is 9.55 Å². The van der Waals surface area contributed by atoms with Gasteiger partial charge in [-0.3, -0.25) is 9.36 Å². The quantitative estimate of drug-likeness (QED) is 0.708. The SMILES string of the molecule is CCc1cnc(SCC(=O)O)n1-c1c(Br)cc(C)cc1Br. The minimum absolute atomic E-state index is 0.0126. The zero-order valence-corrected chi connectivity index (χ0v) is 15.5. The van der Waals surface area contributed by atoms with Crippen molar-refractivity contribution in [3.8, 4) is 5.69 Å². The number of hydrogen-bond acceptors (Lipinski definition) is 3. The summed E-state index contributed by atoms with van der Waals surface area (Å²) in [5, 5.41) is 9.55. The highest BCUT2D eigenvalue weighted by molar-refractivity contribution is 9.11. The van der Waals surface area contributed by atoms with E-state index >= 15 is 0 Å². The molecular formula is C14H14Br2N2O2S. The summed E-state index contributed by atoms with van der Waals surface area (Å²) in [6.07, 6.45) is 2.61. The first-order chi connectivity index (χ1) is 9.93. The third-order valence-corrected chi connectivity index (χ3v) is 5.02. The van der Waals surface area contributed by atoms with E-state index < -0.39 is 5.97 Å². The molecule has 21 heavy (non-hydrogen) atoms. The predicted molar refractivity (Wildman–Crippen MR) is 91.4 cm³/mol. The third-order valence-electron chi connectivity index (χ3n) is 2.87. The average Bonchev–Trinajstić information content (AvgIpc) is 2.78. The van der Waals surface area contributed by atoms with E-state index in [9.17, 15) is 4.79 Å². The summed E-state index contributed by atoms with van der Waals surface area (Å²) in [7, 11) is 0. The van der Waals surface area contributed by atoms with Crippen LogP contribution in [0.15, 0.2) is 32.4 Å². The number of aliphatic carboxylic acids is 1. The molecule has 1 heterocycles. The fourth-order valence-electron chi connectivity index (χ4n) is 1.99. The van der Waals surface area contributed by atoms with Crippen molar-refractivity contribution in [3.63, 3.8) is 0 Å². The number of aryl methyl sites for hydroxylation is 2. The first-order valence-electron chi connectivity index (χ1n) is 6.31. The first kappa shape index (κ1) is 16.6. The molecule has 0 aliphatic rings. The molecule has 0 atom stereocenters. The van der Waals surface area contributed by atoms with Crippen LogP contribution in [0.1, 0.15) is 18.2 Å². The summed E-state index contributed by atoms with van der Waals surface area (Å²) in [5.74, 6) is -0.865. The topological polar surface area (TPSA) is 55.1 Å². The molecule has 4 nitrogen and oxygen atoms in total. The number of benzene rings is 1. The second-order valence-electron chi connectivity index (χ2n) is 4.48. The van der Waals surface area contributed by atoms with Gasteiger partial charge in [0.1, 0.15) is 0 Å². The summed E-state index contributed by atoms with van der Waals surface area (Å²) in [6.45, 7) is 4.07. The van der Waals surface area contributed by atoms with Crippen LogP contribution < -0.4 is 0 Å². The highest BCUT2D eigenvalue weighted by atomic mass is 79.9. The molecule has 1 aromatic carbocycles.